The fourth-order valence-electron chi connectivity index (χ4n) is 1.79. The number of ether oxygens (including phenoxy) is 2. The van der Waals surface area contributed by atoms with Crippen LogP contribution in [-0.4, -0.2) is 12.0 Å². The first kappa shape index (κ1) is 13.7. The zero-order chi connectivity index (χ0) is 14.7. The fourth-order valence-corrected chi connectivity index (χ4v) is 1.79. The minimum atomic E-state index is -0.503. The first-order chi connectivity index (χ1) is 9.51. The van der Waals surface area contributed by atoms with Gasteiger partial charge in [-0.25, -0.2) is 0 Å². The number of aryl methyl sites for hydroxylation is 1. The highest BCUT2D eigenvalue weighted by atomic mass is 16.6. The monoisotopic (exact) mass is 274 g/mol. The van der Waals surface area contributed by atoms with Crippen molar-refractivity contribution >= 4 is 11.4 Å². The molecule has 0 saturated carbocycles. The maximum Gasteiger partial charge on any atom is 0.311 e. The van der Waals surface area contributed by atoms with Crippen molar-refractivity contribution in [2.75, 3.05) is 12.8 Å². The van der Waals surface area contributed by atoms with Crippen molar-refractivity contribution in [1.82, 2.24) is 0 Å². The van der Waals surface area contributed by atoms with Crippen LogP contribution in [0.25, 0.3) is 0 Å². The van der Waals surface area contributed by atoms with Gasteiger partial charge in [0.15, 0.2) is 0 Å². The molecular weight excluding hydrogens is 260 g/mol. The summed E-state index contributed by atoms with van der Waals surface area (Å²) in [7, 11) is 1.38. The molecule has 2 aromatic rings. The molecule has 2 rings (SSSR count). The summed E-state index contributed by atoms with van der Waals surface area (Å²) < 4.78 is 10.7. The lowest BCUT2D eigenvalue weighted by molar-refractivity contribution is -0.385. The maximum atomic E-state index is 10.8. The second-order valence-corrected chi connectivity index (χ2v) is 4.22. The van der Waals surface area contributed by atoms with Gasteiger partial charge in [0, 0.05) is 17.8 Å². The quantitative estimate of drug-likeness (QED) is 0.525. The van der Waals surface area contributed by atoms with Gasteiger partial charge in [-0.15, -0.1) is 0 Å². The van der Waals surface area contributed by atoms with Gasteiger partial charge in [0.25, 0.3) is 0 Å². The summed E-state index contributed by atoms with van der Waals surface area (Å²) in [6, 6.07) is 9.62. The zero-order valence-electron chi connectivity index (χ0n) is 11.1. The van der Waals surface area contributed by atoms with Crippen LogP contribution in [0.5, 0.6) is 17.2 Å². The number of nitrogens with zero attached hydrogens (tertiary/aromatic N) is 1. The molecular formula is C14H14N2O4. The SMILES string of the molecule is COc1cc(Oc2ccc(N)cc2C)ccc1[N+](=O)[O-]. The smallest absolute Gasteiger partial charge is 0.311 e. The summed E-state index contributed by atoms with van der Waals surface area (Å²) in [6.45, 7) is 1.87. The van der Waals surface area contributed by atoms with E-state index in [4.69, 9.17) is 15.2 Å². The van der Waals surface area contributed by atoms with E-state index < -0.39 is 4.92 Å². The summed E-state index contributed by atoms with van der Waals surface area (Å²) in [5, 5.41) is 10.8. The molecule has 0 spiro atoms. The summed E-state index contributed by atoms with van der Waals surface area (Å²) >= 11 is 0. The van der Waals surface area contributed by atoms with Gasteiger partial charge in [0.2, 0.25) is 5.75 Å². The van der Waals surface area contributed by atoms with Crippen molar-refractivity contribution in [3.05, 3.63) is 52.1 Å². The van der Waals surface area contributed by atoms with Gasteiger partial charge < -0.3 is 15.2 Å². The Balaban J connectivity index is 2.32. The normalized spacial score (nSPS) is 10.1. The molecule has 2 N–H and O–H groups in total. The van der Waals surface area contributed by atoms with Gasteiger partial charge in [0.05, 0.1) is 12.0 Å². The van der Waals surface area contributed by atoms with Crippen LogP contribution in [0, 0.1) is 17.0 Å². The number of nitro benzene ring substituents is 1. The summed E-state index contributed by atoms with van der Waals surface area (Å²) in [5.74, 6) is 1.25. The third-order valence-corrected chi connectivity index (χ3v) is 2.77. The molecule has 104 valence electrons. The molecule has 0 aliphatic heterocycles. The van der Waals surface area contributed by atoms with E-state index in [1.54, 1.807) is 18.2 Å². The number of nitro groups is 1. The van der Waals surface area contributed by atoms with E-state index in [9.17, 15) is 10.1 Å². The molecule has 0 aliphatic rings. The van der Waals surface area contributed by atoms with Crippen LogP contribution in [0.4, 0.5) is 11.4 Å². The summed E-state index contributed by atoms with van der Waals surface area (Å²) in [6.07, 6.45) is 0. The molecule has 0 atom stereocenters. The van der Waals surface area contributed by atoms with Crippen LogP contribution >= 0.6 is 0 Å². The Morgan fingerprint density at radius 2 is 1.90 bits per heavy atom. The number of hydrogen-bond acceptors (Lipinski definition) is 5. The number of hydrogen-bond donors (Lipinski definition) is 1. The van der Waals surface area contributed by atoms with Gasteiger partial charge >= 0.3 is 5.69 Å². The highest BCUT2D eigenvalue weighted by molar-refractivity contribution is 5.53. The topological polar surface area (TPSA) is 87.6 Å². The molecule has 0 fully saturated rings. The standard InChI is InChI=1S/C14H14N2O4/c1-9-7-10(15)3-6-13(9)20-11-4-5-12(16(17)18)14(8-11)19-2/h3-8H,15H2,1-2H3. The molecule has 0 radical (unpaired) electrons. The largest absolute Gasteiger partial charge is 0.490 e. The highest BCUT2D eigenvalue weighted by Gasteiger charge is 2.15. The van der Waals surface area contributed by atoms with Gasteiger partial charge in [-0.2, -0.15) is 0 Å². The second-order valence-electron chi connectivity index (χ2n) is 4.22. The Morgan fingerprint density at radius 1 is 1.15 bits per heavy atom. The van der Waals surface area contributed by atoms with Crippen LogP contribution < -0.4 is 15.2 Å². The first-order valence-corrected chi connectivity index (χ1v) is 5.87. The third kappa shape index (κ3) is 2.80. The number of anilines is 1. The van der Waals surface area contributed by atoms with E-state index in [-0.39, 0.29) is 11.4 Å². The zero-order valence-corrected chi connectivity index (χ0v) is 11.1. The van der Waals surface area contributed by atoms with E-state index >= 15 is 0 Å². The maximum absolute atomic E-state index is 10.8. The van der Waals surface area contributed by atoms with Crippen LogP contribution in [-0.2, 0) is 0 Å². The van der Waals surface area contributed by atoms with Gasteiger partial charge in [-0.05, 0) is 36.8 Å². The number of rotatable bonds is 4. The molecule has 0 bridgehead atoms. The highest BCUT2D eigenvalue weighted by Crippen LogP contribution is 2.34. The predicted molar refractivity (Wildman–Crippen MR) is 75.3 cm³/mol. The number of nitrogens with two attached hydrogens (primary N) is 1. The summed E-state index contributed by atoms with van der Waals surface area (Å²) in [5.41, 5.74) is 7.09. The van der Waals surface area contributed by atoms with E-state index in [2.05, 4.69) is 0 Å². The molecule has 2 aromatic carbocycles. The van der Waals surface area contributed by atoms with Crippen LogP contribution in [0.15, 0.2) is 36.4 Å². The molecule has 20 heavy (non-hydrogen) atoms. The van der Waals surface area contributed by atoms with E-state index in [0.717, 1.165) is 5.56 Å². The van der Waals surface area contributed by atoms with Crippen LogP contribution in [0.3, 0.4) is 0 Å². The Morgan fingerprint density at radius 3 is 2.50 bits per heavy atom. The molecule has 0 aromatic heterocycles. The Hall–Kier alpha value is -2.76. The lowest BCUT2D eigenvalue weighted by atomic mass is 10.2. The van der Waals surface area contributed by atoms with Crippen molar-refractivity contribution < 1.29 is 14.4 Å². The van der Waals surface area contributed by atoms with Crippen LogP contribution in [0.2, 0.25) is 0 Å². The van der Waals surface area contributed by atoms with Gasteiger partial charge in [0.1, 0.15) is 11.5 Å². The third-order valence-electron chi connectivity index (χ3n) is 2.77. The van der Waals surface area contributed by atoms with Crippen molar-refractivity contribution in [2.45, 2.75) is 6.92 Å². The Kier molecular flexibility index (Phi) is 3.74. The second kappa shape index (κ2) is 5.48. The molecule has 0 unspecified atom stereocenters. The van der Waals surface area contributed by atoms with Crippen molar-refractivity contribution in [1.29, 1.82) is 0 Å². The average molecular weight is 274 g/mol. The van der Waals surface area contributed by atoms with Gasteiger partial charge in [-0.3, -0.25) is 10.1 Å². The van der Waals surface area contributed by atoms with Crippen molar-refractivity contribution in [3.8, 4) is 17.2 Å². The minimum absolute atomic E-state index is 0.103. The number of nitrogen functional groups attached to an aromatic ring is 1. The van der Waals surface area contributed by atoms with Crippen molar-refractivity contribution in [2.24, 2.45) is 0 Å². The Labute approximate surface area is 115 Å². The first-order valence-electron chi connectivity index (χ1n) is 5.87. The lowest BCUT2D eigenvalue weighted by Gasteiger charge is -2.10. The van der Waals surface area contributed by atoms with Crippen LogP contribution in [0.1, 0.15) is 5.56 Å². The van der Waals surface area contributed by atoms with Gasteiger partial charge in [-0.1, -0.05) is 0 Å². The molecule has 6 heteroatoms. The van der Waals surface area contributed by atoms with Crippen molar-refractivity contribution in [3.63, 3.8) is 0 Å². The van der Waals surface area contributed by atoms with E-state index in [0.29, 0.717) is 17.2 Å². The van der Waals surface area contributed by atoms with E-state index in [1.165, 1.54) is 25.3 Å². The molecule has 0 saturated heterocycles. The predicted octanol–water partition coefficient (Wildman–Crippen LogP) is 3.29. The molecule has 0 amide bonds. The molecule has 0 heterocycles. The minimum Gasteiger partial charge on any atom is -0.490 e. The summed E-state index contributed by atoms with van der Waals surface area (Å²) in [4.78, 5) is 10.3. The molecule has 0 aliphatic carbocycles. The fraction of sp³-hybridized carbons (Fsp3) is 0.143. The lowest BCUT2D eigenvalue weighted by Crippen LogP contribution is -1.95. The van der Waals surface area contributed by atoms with E-state index in [1.807, 2.05) is 6.92 Å². The Bertz CT molecular complexity index is 656. The average Bonchev–Trinajstić information content (AvgIpc) is 2.41. The number of methoxy groups -OCH3 is 1. The number of benzene rings is 2. The molecule has 6 nitrogen and oxygen atoms in total.